The first-order valence-corrected chi connectivity index (χ1v) is 10.5. The van der Waals surface area contributed by atoms with Gasteiger partial charge in [0.2, 0.25) is 0 Å². The summed E-state index contributed by atoms with van der Waals surface area (Å²) in [5.74, 6) is 1.17. The number of furan rings is 1. The SMILES string of the molecule is CCOc1cc(-c2nccc(NCCc3cc4ccoc4cc3OC)n2)sc1C(=O)O. The molecule has 3 aromatic heterocycles. The summed E-state index contributed by atoms with van der Waals surface area (Å²) in [6, 6.07) is 9.31. The normalized spacial score (nSPS) is 10.9. The van der Waals surface area contributed by atoms with Crippen molar-refractivity contribution < 1.29 is 23.8 Å². The number of benzene rings is 1. The Morgan fingerprint density at radius 2 is 2.13 bits per heavy atom. The highest BCUT2D eigenvalue weighted by Crippen LogP contribution is 2.35. The van der Waals surface area contributed by atoms with Gasteiger partial charge in [-0.15, -0.1) is 11.3 Å². The van der Waals surface area contributed by atoms with Gasteiger partial charge in [0.05, 0.1) is 24.9 Å². The Bertz CT molecular complexity index is 1220. The highest BCUT2D eigenvalue weighted by Gasteiger charge is 2.19. The maximum atomic E-state index is 11.5. The summed E-state index contributed by atoms with van der Waals surface area (Å²) < 4.78 is 16.3. The van der Waals surface area contributed by atoms with Gasteiger partial charge in [-0.3, -0.25) is 0 Å². The van der Waals surface area contributed by atoms with Gasteiger partial charge >= 0.3 is 5.97 Å². The molecule has 9 heteroatoms. The van der Waals surface area contributed by atoms with E-state index in [0.717, 1.165) is 40.0 Å². The van der Waals surface area contributed by atoms with E-state index in [-0.39, 0.29) is 4.88 Å². The molecular weight excluding hydrogens is 418 g/mol. The number of fused-ring (bicyclic) bond motifs is 1. The zero-order chi connectivity index (χ0) is 21.8. The summed E-state index contributed by atoms with van der Waals surface area (Å²) in [6.45, 7) is 2.82. The zero-order valence-electron chi connectivity index (χ0n) is 17.0. The Balaban J connectivity index is 1.48. The fourth-order valence-corrected chi connectivity index (χ4v) is 4.10. The van der Waals surface area contributed by atoms with Crippen LogP contribution in [0.15, 0.2) is 47.2 Å². The topological polar surface area (TPSA) is 107 Å². The molecule has 0 aliphatic carbocycles. The lowest BCUT2D eigenvalue weighted by atomic mass is 10.1. The molecule has 0 unspecified atom stereocenters. The van der Waals surface area contributed by atoms with E-state index < -0.39 is 5.97 Å². The lowest BCUT2D eigenvalue weighted by Crippen LogP contribution is -2.07. The predicted octanol–water partition coefficient (Wildman–Crippen LogP) is 4.71. The largest absolute Gasteiger partial charge is 0.496 e. The highest BCUT2D eigenvalue weighted by atomic mass is 32.1. The van der Waals surface area contributed by atoms with Crippen molar-refractivity contribution in [2.24, 2.45) is 0 Å². The molecule has 0 bridgehead atoms. The van der Waals surface area contributed by atoms with E-state index in [1.165, 1.54) is 0 Å². The summed E-state index contributed by atoms with van der Waals surface area (Å²) in [6.07, 6.45) is 4.02. The van der Waals surface area contributed by atoms with Crippen LogP contribution < -0.4 is 14.8 Å². The van der Waals surface area contributed by atoms with Crippen LogP contribution in [0, 0.1) is 0 Å². The first-order chi connectivity index (χ1) is 15.1. The zero-order valence-corrected chi connectivity index (χ0v) is 17.9. The molecule has 3 heterocycles. The van der Waals surface area contributed by atoms with Crippen LogP contribution in [0.25, 0.3) is 21.7 Å². The van der Waals surface area contributed by atoms with Gasteiger partial charge in [0.25, 0.3) is 0 Å². The number of nitrogens with one attached hydrogen (secondary N) is 1. The molecule has 0 amide bonds. The van der Waals surface area contributed by atoms with Crippen LogP contribution in [-0.2, 0) is 6.42 Å². The van der Waals surface area contributed by atoms with E-state index in [1.54, 1.807) is 31.7 Å². The minimum atomic E-state index is -1.03. The Kier molecular flexibility index (Phi) is 6.03. The first kappa shape index (κ1) is 20.7. The molecular formula is C22H21N3O5S. The molecule has 2 N–H and O–H groups in total. The van der Waals surface area contributed by atoms with Crippen LogP contribution in [-0.4, -0.2) is 41.3 Å². The molecule has 4 rings (SSSR count). The maximum Gasteiger partial charge on any atom is 0.349 e. The van der Waals surface area contributed by atoms with Crippen molar-refractivity contribution >= 4 is 34.1 Å². The average molecular weight is 439 g/mol. The van der Waals surface area contributed by atoms with E-state index in [4.69, 9.17) is 13.9 Å². The van der Waals surface area contributed by atoms with E-state index >= 15 is 0 Å². The third-order valence-electron chi connectivity index (χ3n) is 4.62. The second-order valence-electron chi connectivity index (χ2n) is 6.61. The Morgan fingerprint density at radius 1 is 1.26 bits per heavy atom. The molecule has 31 heavy (non-hydrogen) atoms. The molecule has 4 aromatic rings. The number of anilines is 1. The number of aromatic nitrogens is 2. The van der Waals surface area contributed by atoms with Gasteiger partial charge in [0.1, 0.15) is 22.9 Å². The second-order valence-corrected chi connectivity index (χ2v) is 7.66. The summed E-state index contributed by atoms with van der Waals surface area (Å²) in [5.41, 5.74) is 1.85. The quantitative estimate of drug-likeness (QED) is 0.386. The van der Waals surface area contributed by atoms with Gasteiger partial charge < -0.3 is 24.3 Å². The molecule has 0 spiro atoms. The van der Waals surface area contributed by atoms with Crippen molar-refractivity contribution in [1.82, 2.24) is 9.97 Å². The van der Waals surface area contributed by atoms with E-state index in [2.05, 4.69) is 21.4 Å². The standard InChI is InChI=1S/C22H21N3O5S/c1-3-29-17-12-18(31-20(17)22(26)27)21-24-8-5-19(25-21)23-7-4-13-10-14-6-9-30-16(14)11-15(13)28-2/h5-6,8-12H,3-4,7H2,1-2H3,(H,26,27)(H,23,24,25). The predicted molar refractivity (Wildman–Crippen MR) is 118 cm³/mol. The molecule has 0 saturated carbocycles. The summed E-state index contributed by atoms with van der Waals surface area (Å²) in [4.78, 5) is 21.0. The molecule has 0 fully saturated rings. The Labute approximate surface area is 182 Å². The van der Waals surface area contributed by atoms with Crippen molar-refractivity contribution in [3.8, 4) is 22.2 Å². The molecule has 0 radical (unpaired) electrons. The Hall–Kier alpha value is -3.59. The van der Waals surface area contributed by atoms with Gasteiger partial charge in [0.15, 0.2) is 10.7 Å². The number of aromatic carboxylic acids is 1. The lowest BCUT2D eigenvalue weighted by molar-refractivity contribution is 0.0698. The van der Waals surface area contributed by atoms with E-state index in [9.17, 15) is 9.90 Å². The van der Waals surface area contributed by atoms with Gasteiger partial charge in [-0.1, -0.05) is 0 Å². The minimum absolute atomic E-state index is 0.139. The Morgan fingerprint density at radius 3 is 2.90 bits per heavy atom. The monoisotopic (exact) mass is 439 g/mol. The third-order valence-corrected chi connectivity index (χ3v) is 5.72. The number of hydrogen-bond acceptors (Lipinski definition) is 8. The summed E-state index contributed by atoms with van der Waals surface area (Å²) in [7, 11) is 1.64. The number of carbonyl (C=O) groups is 1. The second kappa shape index (κ2) is 9.05. The van der Waals surface area contributed by atoms with Crippen LogP contribution in [0.4, 0.5) is 5.82 Å². The van der Waals surface area contributed by atoms with Crippen molar-refractivity contribution in [3.63, 3.8) is 0 Å². The van der Waals surface area contributed by atoms with Crippen molar-refractivity contribution in [3.05, 3.63) is 53.2 Å². The van der Waals surface area contributed by atoms with E-state index in [1.807, 2.05) is 19.1 Å². The number of carboxylic acid groups (broad SMARTS) is 1. The van der Waals surface area contributed by atoms with E-state index in [0.29, 0.717) is 35.4 Å². The fraction of sp³-hybridized carbons (Fsp3) is 0.227. The molecule has 8 nitrogen and oxygen atoms in total. The van der Waals surface area contributed by atoms with Gasteiger partial charge in [-0.2, -0.15) is 0 Å². The summed E-state index contributed by atoms with van der Waals surface area (Å²) >= 11 is 1.09. The minimum Gasteiger partial charge on any atom is -0.496 e. The number of carboxylic acids is 1. The molecule has 0 aliphatic heterocycles. The van der Waals surface area contributed by atoms with Gasteiger partial charge in [-0.05, 0) is 37.1 Å². The van der Waals surface area contributed by atoms with Crippen LogP contribution >= 0.6 is 11.3 Å². The third kappa shape index (κ3) is 4.46. The molecule has 0 aliphatic rings. The highest BCUT2D eigenvalue weighted by molar-refractivity contribution is 7.17. The fourth-order valence-electron chi connectivity index (χ4n) is 3.22. The molecule has 0 saturated heterocycles. The van der Waals surface area contributed by atoms with Crippen molar-refractivity contribution in [2.75, 3.05) is 25.6 Å². The number of thiophene rings is 1. The van der Waals surface area contributed by atoms with Crippen LogP contribution in [0.2, 0.25) is 0 Å². The number of methoxy groups -OCH3 is 1. The van der Waals surface area contributed by atoms with Gasteiger partial charge in [-0.25, -0.2) is 14.8 Å². The average Bonchev–Trinajstić information content (AvgIpc) is 3.40. The molecule has 160 valence electrons. The van der Waals surface area contributed by atoms with Gasteiger partial charge in [0, 0.05) is 30.3 Å². The number of ether oxygens (including phenoxy) is 2. The van der Waals surface area contributed by atoms with Crippen molar-refractivity contribution in [1.29, 1.82) is 0 Å². The van der Waals surface area contributed by atoms with Crippen LogP contribution in [0.3, 0.4) is 0 Å². The lowest BCUT2D eigenvalue weighted by Gasteiger charge is -2.10. The number of nitrogens with zero attached hydrogens (tertiary/aromatic N) is 2. The molecule has 1 aromatic carbocycles. The van der Waals surface area contributed by atoms with Crippen LogP contribution in [0.1, 0.15) is 22.2 Å². The van der Waals surface area contributed by atoms with Crippen molar-refractivity contribution in [2.45, 2.75) is 13.3 Å². The molecule has 0 atom stereocenters. The number of hydrogen-bond donors (Lipinski definition) is 2. The first-order valence-electron chi connectivity index (χ1n) is 9.70. The maximum absolute atomic E-state index is 11.5. The number of rotatable bonds is 9. The summed E-state index contributed by atoms with van der Waals surface area (Å²) in [5, 5.41) is 13.7. The smallest absolute Gasteiger partial charge is 0.349 e. The van der Waals surface area contributed by atoms with Crippen LogP contribution in [0.5, 0.6) is 11.5 Å².